The number of aryl methyl sites for hydroxylation is 1. The minimum Gasteiger partial charge on any atom is -0.462 e. The Labute approximate surface area is 183 Å². The summed E-state index contributed by atoms with van der Waals surface area (Å²) in [7, 11) is 0. The second-order valence-corrected chi connectivity index (χ2v) is 8.02. The summed E-state index contributed by atoms with van der Waals surface area (Å²) >= 11 is 1.62. The number of hydrogen-bond acceptors (Lipinski definition) is 5. The molecule has 0 saturated carbocycles. The van der Waals surface area contributed by atoms with Crippen LogP contribution in [0.2, 0.25) is 0 Å². The molecule has 0 radical (unpaired) electrons. The Morgan fingerprint density at radius 2 is 1.87 bits per heavy atom. The minimum atomic E-state index is -0.368. The predicted molar refractivity (Wildman–Crippen MR) is 122 cm³/mol. The van der Waals surface area contributed by atoms with E-state index in [0.717, 1.165) is 16.0 Å². The first-order chi connectivity index (χ1) is 14.5. The summed E-state index contributed by atoms with van der Waals surface area (Å²) in [5.41, 5.74) is 3.87. The van der Waals surface area contributed by atoms with Gasteiger partial charge in [-0.15, -0.1) is 11.8 Å². The maximum Gasteiger partial charge on any atom is 0.333 e. The number of carbonyl (C=O) groups excluding carboxylic acids is 2. The molecule has 0 N–H and O–H groups in total. The van der Waals surface area contributed by atoms with Gasteiger partial charge in [0, 0.05) is 28.7 Å². The van der Waals surface area contributed by atoms with Crippen molar-refractivity contribution in [1.29, 1.82) is 0 Å². The van der Waals surface area contributed by atoms with Crippen LogP contribution in [0.5, 0.6) is 0 Å². The molecule has 2 aromatic carbocycles. The van der Waals surface area contributed by atoms with Crippen LogP contribution in [-0.2, 0) is 31.9 Å². The number of rotatable bonds is 11. The summed E-state index contributed by atoms with van der Waals surface area (Å²) < 4.78 is 10.4. The third-order valence-corrected chi connectivity index (χ3v) is 5.28. The molecule has 0 unspecified atom stereocenters. The van der Waals surface area contributed by atoms with Gasteiger partial charge in [0.2, 0.25) is 0 Å². The molecule has 0 spiro atoms. The van der Waals surface area contributed by atoms with Gasteiger partial charge in [0.15, 0.2) is 0 Å². The van der Waals surface area contributed by atoms with Crippen molar-refractivity contribution in [3.63, 3.8) is 0 Å². The fourth-order valence-corrected chi connectivity index (χ4v) is 3.59. The number of thioether (sulfide) groups is 1. The molecule has 0 bridgehead atoms. The molecule has 0 aromatic heterocycles. The van der Waals surface area contributed by atoms with Crippen LogP contribution in [0, 0.1) is 6.92 Å². The van der Waals surface area contributed by atoms with Gasteiger partial charge in [-0.3, -0.25) is 0 Å². The van der Waals surface area contributed by atoms with Crippen LogP contribution in [0.1, 0.15) is 23.6 Å². The molecule has 0 amide bonds. The summed E-state index contributed by atoms with van der Waals surface area (Å²) in [5, 5.41) is 0. The van der Waals surface area contributed by atoms with E-state index in [1.165, 1.54) is 11.6 Å². The van der Waals surface area contributed by atoms with E-state index in [1.807, 2.05) is 55.5 Å². The third kappa shape index (κ3) is 8.70. The number of benzene rings is 2. The molecule has 2 aromatic rings. The maximum absolute atomic E-state index is 11.9. The zero-order valence-corrected chi connectivity index (χ0v) is 18.4. The van der Waals surface area contributed by atoms with E-state index in [1.54, 1.807) is 18.7 Å². The first-order valence-corrected chi connectivity index (χ1v) is 10.9. The number of esters is 2. The Kier molecular flexibility index (Phi) is 9.95. The number of carbonyl (C=O) groups is 2. The highest BCUT2D eigenvalue weighted by atomic mass is 32.2. The monoisotopic (exact) mass is 424 g/mol. The Hall–Kier alpha value is -2.79. The van der Waals surface area contributed by atoms with Gasteiger partial charge in [-0.1, -0.05) is 60.7 Å². The molecule has 0 atom stereocenters. The molecule has 0 fully saturated rings. The highest BCUT2D eigenvalue weighted by molar-refractivity contribution is 7.99. The van der Waals surface area contributed by atoms with Crippen LogP contribution in [0.4, 0.5) is 0 Å². The first kappa shape index (κ1) is 23.5. The second-order valence-electron chi connectivity index (χ2n) is 6.89. The minimum absolute atomic E-state index is 0.327. The van der Waals surface area contributed by atoms with E-state index < -0.39 is 0 Å². The lowest BCUT2D eigenvalue weighted by molar-refractivity contribution is -0.138. The molecule has 0 aliphatic carbocycles. The quantitative estimate of drug-likeness (QED) is 0.218. The van der Waals surface area contributed by atoms with Crippen molar-refractivity contribution in [2.24, 2.45) is 0 Å². The highest BCUT2D eigenvalue weighted by Gasteiger charge is 2.05. The van der Waals surface area contributed by atoms with Gasteiger partial charge in [-0.2, -0.15) is 0 Å². The summed E-state index contributed by atoms with van der Waals surface area (Å²) in [6.07, 6.45) is 4.63. The van der Waals surface area contributed by atoms with Gasteiger partial charge in [-0.05, 0) is 37.5 Å². The average Bonchev–Trinajstić information content (AvgIpc) is 2.72. The third-order valence-electron chi connectivity index (χ3n) is 4.20. The van der Waals surface area contributed by atoms with E-state index in [-0.39, 0.29) is 11.9 Å². The van der Waals surface area contributed by atoms with Crippen LogP contribution < -0.4 is 0 Å². The standard InChI is InChI=1S/C25H28O4S/c1-19(2)25(27)29-16-17-30-23-12-5-4-10-22(23)11-7-13-24(26)28-15-14-21-9-6-8-20(3)18-21/h4-10,12-13,18H,1,11,14-17H2,2-3H3/b13-7+. The Morgan fingerprint density at radius 3 is 2.63 bits per heavy atom. The van der Waals surface area contributed by atoms with E-state index >= 15 is 0 Å². The molecule has 5 heteroatoms. The van der Waals surface area contributed by atoms with Crippen molar-refractivity contribution in [1.82, 2.24) is 0 Å². The van der Waals surface area contributed by atoms with E-state index in [9.17, 15) is 9.59 Å². The van der Waals surface area contributed by atoms with Crippen molar-refractivity contribution in [2.45, 2.75) is 31.6 Å². The number of hydrogen-bond donors (Lipinski definition) is 0. The average molecular weight is 425 g/mol. The maximum atomic E-state index is 11.9. The number of allylic oxidation sites excluding steroid dienone is 1. The van der Waals surface area contributed by atoms with Gasteiger partial charge in [-0.25, -0.2) is 9.59 Å². The van der Waals surface area contributed by atoms with Crippen molar-refractivity contribution in [3.8, 4) is 0 Å². The zero-order chi connectivity index (χ0) is 21.8. The second kappa shape index (κ2) is 12.7. The van der Waals surface area contributed by atoms with E-state index in [0.29, 0.717) is 37.4 Å². The lowest BCUT2D eigenvalue weighted by atomic mass is 10.1. The predicted octanol–water partition coefficient (Wildman–Crippen LogP) is 5.09. The molecule has 158 valence electrons. The Bertz CT molecular complexity index is 902. The Balaban J connectivity index is 1.75. The molecule has 0 aliphatic heterocycles. The highest BCUT2D eigenvalue weighted by Crippen LogP contribution is 2.23. The van der Waals surface area contributed by atoms with Crippen LogP contribution in [0.3, 0.4) is 0 Å². The zero-order valence-electron chi connectivity index (χ0n) is 17.6. The lowest BCUT2D eigenvalue weighted by Gasteiger charge is -2.08. The van der Waals surface area contributed by atoms with Gasteiger partial charge < -0.3 is 9.47 Å². The molecular weight excluding hydrogens is 396 g/mol. The number of ether oxygens (including phenoxy) is 2. The normalized spacial score (nSPS) is 10.7. The molecule has 30 heavy (non-hydrogen) atoms. The summed E-state index contributed by atoms with van der Waals surface area (Å²) in [6, 6.07) is 16.2. The van der Waals surface area contributed by atoms with Gasteiger partial charge in [0.1, 0.15) is 6.61 Å². The van der Waals surface area contributed by atoms with Crippen molar-refractivity contribution in [3.05, 3.63) is 89.5 Å². The van der Waals surface area contributed by atoms with Crippen LogP contribution in [-0.4, -0.2) is 30.9 Å². The van der Waals surface area contributed by atoms with Crippen molar-refractivity contribution >= 4 is 23.7 Å². The van der Waals surface area contributed by atoms with E-state index in [4.69, 9.17) is 9.47 Å². The Morgan fingerprint density at radius 1 is 1.07 bits per heavy atom. The van der Waals surface area contributed by atoms with Gasteiger partial charge in [0.05, 0.1) is 6.61 Å². The molecule has 2 rings (SSSR count). The van der Waals surface area contributed by atoms with Crippen molar-refractivity contribution < 1.29 is 19.1 Å². The molecule has 0 aliphatic rings. The molecule has 4 nitrogen and oxygen atoms in total. The van der Waals surface area contributed by atoms with Crippen LogP contribution in [0.25, 0.3) is 0 Å². The topological polar surface area (TPSA) is 52.6 Å². The summed E-state index contributed by atoms with van der Waals surface area (Å²) in [5.74, 6) is -0.0481. The molecular formula is C25H28O4S. The van der Waals surface area contributed by atoms with E-state index in [2.05, 4.69) is 12.6 Å². The summed E-state index contributed by atoms with van der Waals surface area (Å²) in [6.45, 7) is 7.93. The van der Waals surface area contributed by atoms with Crippen LogP contribution >= 0.6 is 11.8 Å². The van der Waals surface area contributed by atoms with Crippen molar-refractivity contribution in [2.75, 3.05) is 19.0 Å². The molecule has 0 saturated heterocycles. The largest absolute Gasteiger partial charge is 0.462 e. The summed E-state index contributed by atoms with van der Waals surface area (Å²) in [4.78, 5) is 24.4. The SMILES string of the molecule is C=C(C)C(=O)OCCSc1ccccc1C/C=C/C(=O)OCCc1cccc(C)c1. The van der Waals surface area contributed by atoms with Gasteiger partial charge in [0.25, 0.3) is 0 Å². The van der Waals surface area contributed by atoms with Gasteiger partial charge >= 0.3 is 11.9 Å². The lowest BCUT2D eigenvalue weighted by Crippen LogP contribution is -2.07. The first-order valence-electron chi connectivity index (χ1n) is 9.88. The molecule has 0 heterocycles. The fourth-order valence-electron chi connectivity index (χ4n) is 2.69. The fraction of sp³-hybridized carbons (Fsp3) is 0.280. The van der Waals surface area contributed by atoms with Crippen LogP contribution in [0.15, 0.2) is 77.7 Å². The smallest absolute Gasteiger partial charge is 0.333 e.